The van der Waals surface area contributed by atoms with Crippen molar-refractivity contribution in [3.05, 3.63) is 130 Å². The maximum Gasteiger partial charge on any atom is 0.271 e. The second-order valence-electron chi connectivity index (χ2n) is 7.48. The van der Waals surface area contributed by atoms with Gasteiger partial charge < -0.3 is 4.74 Å². The van der Waals surface area contributed by atoms with E-state index < -0.39 is 0 Å². The van der Waals surface area contributed by atoms with Crippen LogP contribution in [0.4, 0.5) is 0 Å². The minimum Gasteiger partial charge on any atom is -0.489 e. The van der Waals surface area contributed by atoms with Crippen molar-refractivity contribution in [2.24, 2.45) is 5.10 Å². The van der Waals surface area contributed by atoms with Gasteiger partial charge in [-0.2, -0.15) is 5.10 Å². The fraction of sp³-hybridized carbons (Fsp3) is 0.0714. The molecular weight excluding hydrogens is 464 g/mol. The Morgan fingerprint density at radius 2 is 1.53 bits per heavy atom. The molecule has 0 aliphatic carbocycles. The van der Waals surface area contributed by atoms with E-state index in [0.29, 0.717) is 17.2 Å². The molecule has 1 amide bonds. The van der Waals surface area contributed by atoms with E-state index in [2.05, 4.69) is 22.7 Å². The number of benzene rings is 4. The maximum absolute atomic E-state index is 12.4. The Morgan fingerprint density at radius 3 is 2.24 bits per heavy atom. The molecule has 0 aliphatic heterocycles. The summed E-state index contributed by atoms with van der Waals surface area (Å²) in [4.78, 5) is 13.6. The van der Waals surface area contributed by atoms with Crippen LogP contribution in [0.3, 0.4) is 0 Å². The van der Waals surface area contributed by atoms with Crippen LogP contribution in [0.2, 0.25) is 5.02 Å². The molecule has 6 heteroatoms. The minimum atomic E-state index is -0.249. The van der Waals surface area contributed by atoms with Gasteiger partial charge in [0, 0.05) is 21.2 Å². The number of halogens is 1. The Morgan fingerprint density at radius 1 is 0.853 bits per heavy atom. The van der Waals surface area contributed by atoms with E-state index >= 15 is 0 Å². The van der Waals surface area contributed by atoms with Gasteiger partial charge in [-0.05, 0) is 77.4 Å². The van der Waals surface area contributed by atoms with Crippen LogP contribution in [0.25, 0.3) is 0 Å². The van der Waals surface area contributed by atoms with Gasteiger partial charge in [-0.3, -0.25) is 4.79 Å². The number of nitrogens with one attached hydrogen (secondary N) is 1. The van der Waals surface area contributed by atoms with E-state index in [1.54, 1.807) is 18.0 Å². The number of rotatable bonds is 9. The first kappa shape index (κ1) is 23.6. The van der Waals surface area contributed by atoms with E-state index in [-0.39, 0.29) is 5.91 Å². The van der Waals surface area contributed by atoms with Crippen molar-refractivity contribution >= 4 is 35.5 Å². The second kappa shape index (κ2) is 12.1. The molecule has 4 nitrogen and oxygen atoms in total. The van der Waals surface area contributed by atoms with Gasteiger partial charge in [0.1, 0.15) is 12.4 Å². The third kappa shape index (κ3) is 7.24. The van der Waals surface area contributed by atoms with E-state index in [1.807, 2.05) is 91.0 Å². The summed E-state index contributed by atoms with van der Waals surface area (Å²) in [5.74, 6) is 1.35. The van der Waals surface area contributed by atoms with E-state index in [9.17, 15) is 4.79 Å². The van der Waals surface area contributed by atoms with Gasteiger partial charge in [0.05, 0.1) is 6.21 Å². The van der Waals surface area contributed by atoms with Gasteiger partial charge >= 0.3 is 0 Å². The quantitative estimate of drug-likeness (QED) is 0.158. The van der Waals surface area contributed by atoms with Crippen LogP contribution in [-0.4, -0.2) is 12.1 Å². The summed E-state index contributed by atoms with van der Waals surface area (Å²) in [7, 11) is 0. The van der Waals surface area contributed by atoms with E-state index in [0.717, 1.165) is 28.2 Å². The third-order valence-corrected chi connectivity index (χ3v) is 6.28. The normalized spacial score (nSPS) is 10.9. The number of thioether (sulfide) groups is 1. The SMILES string of the molecule is O=C(N/N=C\c1ccc(OCc2ccc(Cl)cc2)cc1)c1ccc(CSc2ccccc2)cc1. The first-order valence-corrected chi connectivity index (χ1v) is 12.1. The molecule has 34 heavy (non-hydrogen) atoms. The highest BCUT2D eigenvalue weighted by Gasteiger charge is 2.04. The molecule has 0 aromatic heterocycles. The Bertz CT molecular complexity index is 1230. The molecule has 170 valence electrons. The predicted molar refractivity (Wildman–Crippen MR) is 140 cm³/mol. The summed E-state index contributed by atoms with van der Waals surface area (Å²) in [6.07, 6.45) is 1.60. The zero-order chi connectivity index (χ0) is 23.6. The number of carbonyl (C=O) groups is 1. The van der Waals surface area contributed by atoms with Crippen LogP contribution in [-0.2, 0) is 12.4 Å². The van der Waals surface area contributed by atoms with Gasteiger partial charge in [-0.1, -0.05) is 54.1 Å². The molecule has 4 rings (SSSR count). The predicted octanol–water partition coefficient (Wildman–Crippen LogP) is 6.98. The Balaban J connectivity index is 1.23. The van der Waals surface area contributed by atoms with Gasteiger partial charge in [0.2, 0.25) is 0 Å². The first-order valence-electron chi connectivity index (χ1n) is 10.7. The van der Waals surface area contributed by atoms with Crippen LogP contribution in [0.1, 0.15) is 27.0 Å². The monoisotopic (exact) mass is 486 g/mol. The van der Waals surface area contributed by atoms with E-state index in [1.165, 1.54) is 4.90 Å². The van der Waals surface area contributed by atoms with Crippen LogP contribution in [0.15, 0.2) is 113 Å². The standard InChI is InChI=1S/C28H23ClN2O2S/c29-25-14-8-22(9-15-25)19-33-26-16-10-21(11-17-26)18-30-31-28(32)24-12-6-23(7-13-24)20-34-27-4-2-1-3-5-27/h1-18H,19-20H2,(H,31,32)/b30-18-. The van der Waals surface area contributed by atoms with Crippen molar-refractivity contribution in [3.8, 4) is 5.75 Å². The average Bonchev–Trinajstić information content (AvgIpc) is 2.89. The maximum atomic E-state index is 12.4. The number of carbonyl (C=O) groups excluding carboxylic acids is 1. The van der Waals surface area contributed by atoms with Crippen molar-refractivity contribution in [2.45, 2.75) is 17.3 Å². The Hall–Kier alpha value is -3.54. The van der Waals surface area contributed by atoms with Gasteiger partial charge in [-0.25, -0.2) is 5.43 Å². The van der Waals surface area contributed by atoms with Crippen molar-refractivity contribution in [1.82, 2.24) is 5.43 Å². The lowest BCUT2D eigenvalue weighted by atomic mass is 10.1. The molecule has 0 fully saturated rings. The number of hydrazone groups is 1. The molecule has 0 bridgehead atoms. The molecule has 0 saturated carbocycles. The molecule has 0 unspecified atom stereocenters. The smallest absolute Gasteiger partial charge is 0.271 e. The molecule has 4 aromatic carbocycles. The van der Waals surface area contributed by atoms with Crippen LogP contribution < -0.4 is 10.2 Å². The molecule has 0 heterocycles. The lowest BCUT2D eigenvalue weighted by Gasteiger charge is -2.06. The second-order valence-corrected chi connectivity index (χ2v) is 8.97. The van der Waals surface area contributed by atoms with Gasteiger partial charge in [-0.15, -0.1) is 11.8 Å². The summed E-state index contributed by atoms with van der Waals surface area (Å²) in [6, 6.07) is 32.9. The molecule has 0 aliphatic rings. The fourth-order valence-electron chi connectivity index (χ4n) is 3.06. The van der Waals surface area contributed by atoms with Crippen molar-refractivity contribution in [2.75, 3.05) is 0 Å². The molecule has 0 spiro atoms. The number of ether oxygens (including phenoxy) is 1. The highest BCUT2D eigenvalue weighted by Crippen LogP contribution is 2.22. The minimum absolute atomic E-state index is 0.249. The van der Waals surface area contributed by atoms with E-state index in [4.69, 9.17) is 16.3 Å². The largest absolute Gasteiger partial charge is 0.489 e. The third-order valence-electron chi connectivity index (χ3n) is 4.94. The molecule has 0 radical (unpaired) electrons. The summed E-state index contributed by atoms with van der Waals surface area (Å²) >= 11 is 7.66. The highest BCUT2D eigenvalue weighted by atomic mass is 35.5. The molecular formula is C28H23ClN2O2S. The van der Waals surface area contributed by atoms with Crippen LogP contribution in [0, 0.1) is 0 Å². The summed E-state index contributed by atoms with van der Waals surface area (Å²) in [6.45, 7) is 0.463. The van der Waals surface area contributed by atoms with Crippen LogP contribution >= 0.6 is 23.4 Å². The Labute approximate surface area is 208 Å². The van der Waals surface area contributed by atoms with Crippen molar-refractivity contribution in [3.63, 3.8) is 0 Å². The topological polar surface area (TPSA) is 50.7 Å². The number of hydrogen-bond acceptors (Lipinski definition) is 4. The van der Waals surface area contributed by atoms with Crippen molar-refractivity contribution in [1.29, 1.82) is 0 Å². The Kier molecular flexibility index (Phi) is 8.38. The number of amides is 1. The zero-order valence-corrected chi connectivity index (χ0v) is 19.9. The lowest BCUT2D eigenvalue weighted by Crippen LogP contribution is -2.17. The average molecular weight is 487 g/mol. The van der Waals surface area contributed by atoms with Crippen LogP contribution in [0.5, 0.6) is 5.75 Å². The molecule has 0 atom stereocenters. The summed E-state index contributed by atoms with van der Waals surface area (Å²) in [5, 5.41) is 4.77. The fourth-order valence-corrected chi connectivity index (χ4v) is 4.06. The molecule has 1 N–H and O–H groups in total. The summed E-state index contributed by atoms with van der Waals surface area (Å²) < 4.78 is 5.78. The lowest BCUT2D eigenvalue weighted by molar-refractivity contribution is 0.0955. The van der Waals surface area contributed by atoms with Gasteiger partial charge in [0.25, 0.3) is 5.91 Å². The zero-order valence-electron chi connectivity index (χ0n) is 18.4. The number of hydrogen-bond donors (Lipinski definition) is 1. The first-order chi connectivity index (χ1) is 16.7. The highest BCUT2D eigenvalue weighted by molar-refractivity contribution is 7.98. The summed E-state index contributed by atoms with van der Waals surface area (Å²) in [5.41, 5.74) is 6.20. The molecule has 4 aromatic rings. The van der Waals surface area contributed by atoms with Crippen molar-refractivity contribution < 1.29 is 9.53 Å². The van der Waals surface area contributed by atoms with Gasteiger partial charge in [0.15, 0.2) is 0 Å². The number of nitrogens with zero attached hydrogens (tertiary/aromatic N) is 1. The molecule has 0 saturated heterocycles.